The molecule has 2 N–H and O–H groups in total. The molecule has 0 unspecified atom stereocenters. The van der Waals surface area contributed by atoms with Crippen LogP contribution in [-0.2, 0) is 11.3 Å². The van der Waals surface area contributed by atoms with Gasteiger partial charge >= 0.3 is 6.09 Å². The van der Waals surface area contributed by atoms with E-state index in [0.29, 0.717) is 24.5 Å². The van der Waals surface area contributed by atoms with Crippen LogP contribution in [0.15, 0.2) is 48.5 Å². The second-order valence-corrected chi connectivity index (χ2v) is 6.95. The molecule has 2 rings (SSSR count). The average Bonchev–Trinajstić information content (AvgIpc) is 2.52. The van der Waals surface area contributed by atoms with Crippen molar-refractivity contribution in [3.05, 3.63) is 59.9 Å². The van der Waals surface area contributed by atoms with Crippen LogP contribution in [0.1, 0.15) is 26.3 Å². The molecule has 0 heterocycles. The topological polar surface area (TPSA) is 64.8 Å². The highest BCUT2D eigenvalue weighted by atomic mass is 19.1. The molecule has 2 aromatic rings. The number of halogens is 1. The van der Waals surface area contributed by atoms with Crippen LogP contribution in [0.5, 0.6) is 5.75 Å². The van der Waals surface area contributed by atoms with Gasteiger partial charge in [0.25, 0.3) is 0 Å². The maximum atomic E-state index is 13.2. The number of carbonyl (C=O) groups is 1. The Balaban J connectivity index is 2.03. The lowest BCUT2D eigenvalue weighted by Gasteiger charge is -2.27. The highest BCUT2D eigenvalue weighted by Gasteiger charge is 2.22. The number of carbonyl (C=O) groups excluding carboxylic acids is 1. The van der Waals surface area contributed by atoms with Crippen molar-refractivity contribution < 1.29 is 18.7 Å². The van der Waals surface area contributed by atoms with E-state index in [-0.39, 0.29) is 12.4 Å². The van der Waals surface area contributed by atoms with E-state index in [0.717, 1.165) is 5.56 Å². The number of hydrogen-bond acceptors (Lipinski definition) is 4. The molecule has 6 heteroatoms. The van der Waals surface area contributed by atoms with Crippen molar-refractivity contribution in [1.29, 1.82) is 0 Å². The summed E-state index contributed by atoms with van der Waals surface area (Å²) in [5.41, 5.74) is 6.72. The monoisotopic (exact) mass is 360 g/mol. The van der Waals surface area contributed by atoms with E-state index in [1.165, 1.54) is 12.1 Å². The summed E-state index contributed by atoms with van der Waals surface area (Å²) in [6, 6.07) is 13.2. The molecule has 5 nitrogen and oxygen atoms in total. The Kier molecular flexibility index (Phi) is 6.44. The maximum Gasteiger partial charge on any atom is 0.410 e. The normalized spacial score (nSPS) is 11.1. The Hall–Kier alpha value is -2.76. The minimum absolute atomic E-state index is 0.213. The average molecular weight is 360 g/mol. The van der Waals surface area contributed by atoms with Crippen LogP contribution < -0.4 is 10.5 Å². The predicted octanol–water partition coefficient (Wildman–Crippen LogP) is 4.22. The first-order chi connectivity index (χ1) is 12.2. The second kappa shape index (κ2) is 8.56. The fourth-order valence-electron chi connectivity index (χ4n) is 2.30. The van der Waals surface area contributed by atoms with E-state index in [4.69, 9.17) is 15.2 Å². The largest absolute Gasteiger partial charge is 0.492 e. The van der Waals surface area contributed by atoms with Crippen LogP contribution in [0.3, 0.4) is 0 Å². The maximum absolute atomic E-state index is 13.2. The summed E-state index contributed by atoms with van der Waals surface area (Å²) in [6.45, 7) is 6.28. The molecular weight excluding hydrogens is 335 g/mol. The molecule has 140 valence electrons. The van der Waals surface area contributed by atoms with Crippen molar-refractivity contribution in [2.75, 3.05) is 18.9 Å². The van der Waals surface area contributed by atoms with E-state index < -0.39 is 11.7 Å². The van der Waals surface area contributed by atoms with Crippen LogP contribution in [-0.4, -0.2) is 29.7 Å². The molecule has 0 bridgehead atoms. The third-order valence-electron chi connectivity index (χ3n) is 3.40. The van der Waals surface area contributed by atoms with Gasteiger partial charge in [0.15, 0.2) is 0 Å². The highest BCUT2D eigenvalue weighted by molar-refractivity contribution is 5.68. The lowest BCUT2D eigenvalue weighted by atomic mass is 10.2. The first-order valence-electron chi connectivity index (χ1n) is 8.44. The van der Waals surface area contributed by atoms with E-state index in [2.05, 4.69) is 0 Å². The number of anilines is 1. The fraction of sp³-hybridized carbons (Fsp3) is 0.350. The van der Waals surface area contributed by atoms with Crippen molar-refractivity contribution in [2.45, 2.75) is 32.9 Å². The van der Waals surface area contributed by atoms with E-state index in [1.807, 2.05) is 39.0 Å². The zero-order valence-corrected chi connectivity index (χ0v) is 15.4. The van der Waals surface area contributed by atoms with Crippen LogP contribution in [0.25, 0.3) is 0 Å². The molecule has 0 aliphatic heterocycles. The summed E-state index contributed by atoms with van der Waals surface area (Å²) in [5, 5.41) is 0. The molecule has 0 saturated carbocycles. The number of hydrogen-bond donors (Lipinski definition) is 1. The lowest BCUT2D eigenvalue weighted by Crippen LogP contribution is -2.38. The number of nitrogens with zero attached hydrogens (tertiary/aromatic N) is 1. The van der Waals surface area contributed by atoms with E-state index in [9.17, 15) is 9.18 Å². The predicted molar refractivity (Wildman–Crippen MR) is 99.4 cm³/mol. The molecule has 26 heavy (non-hydrogen) atoms. The van der Waals surface area contributed by atoms with Crippen LogP contribution in [0.2, 0.25) is 0 Å². The third-order valence-corrected chi connectivity index (χ3v) is 3.40. The quantitative estimate of drug-likeness (QED) is 0.783. The fourth-order valence-corrected chi connectivity index (χ4v) is 2.30. The summed E-state index contributed by atoms with van der Waals surface area (Å²) in [5.74, 6) is 0.0457. The van der Waals surface area contributed by atoms with Crippen LogP contribution in [0, 0.1) is 5.82 Å². The van der Waals surface area contributed by atoms with Gasteiger partial charge in [-0.25, -0.2) is 9.18 Å². The minimum atomic E-state index is -0.603. The molecule has 0 aromatic heterocycles. The SMILES string of the molecule is CC(C)(C)OC(=O)N(CCOc1cccc(F)c1)Cc1cccc(N)c1. The van der Waals surface area contributed by atoms with Crippen LogP contribution in [0.4, 0.5) is 14.9 Å². The number of amides is 1. The van der Waals surface area contributed by atoms with E-state index >= 15 is 0 Å². The molecule has 0 atom stereocenters. The van der Waals surface area contributed by atoms with Gasteiger partial charge in [0.05, 0.1) is 6.54 Å². The van der Waals surface area contributed by atoms with Gasteiger partial charge in [0, 0.05) is 18.3 Å². The Morgan fingerprint density at radius 1 is 1.15 bits per heavy atom. The van der Waals surface area contributed by atoms with Gasteiger partial charge in [-0.1, -0.05) is 18.2 Å². The van der Waals surface area contributed by atoms with Gasteiger partial charge in [-0.05, 0) is 50.6 Å². The van der Waals surface area contributed by atoms with Gasteiger partial charge in [-0.3, -0.25) is 0 Å². The third kappa shape index (κ3) is 6.63. The Labute approximate surface area is 153 Å². The molecule has 1 amide bonds. The molecule has 0 saturated heterocycles. The van der Waals surface area contributed by atoms with E-state index in [1.54, 1.807) is 23.1 Å². The van der Waals surface area contributed by atoms with Gasteiger partial charge in [0.1, 0.15) is 23.8 Å². The number of nitrogens with two attached hydrogens (primary N) is 1. The molecule has 0 spiro atoms. The van der Waals surface area contributed by atoms with Gasteiger partial charge < -0.3 is 20.1 Å². The van der Waals surface area contributed by atoms with Crippen molar-refractivity contribution in [1.82, 2.24) is 4.90 Å². The Morgan fingerprint density at radius 3 is 2.54 bits per heavy atom. The first kappa shape index (κ1) is 19.6. The molecule has 0 aliphatic carbocycles. The summed E-state index contributed by atoms with van der Waals surface area (Å²) in [7, 11) is 0. The van der Waals surface area contributed by atoms with Gasteiger partial charge in [0.2, 0.25) is 0 Å². The second-order valence-electron chi connectivity index (χ2n) is 6.95. The summed E-state index contributed by atoms with van der Waals surface area (Å²) in [6.07, 6.45) is -0.442. The molecule has 2 aromatic carbocycles. The van der Waals surface area contributed by atoms with Crippen molar-refractivity contribution in [3.8, 4) is 5.75 Å². The molecular formula is C20H25FN2O3. The van der Waals surface area contributed by atoms with Crippen molar-refractivity contribution in [2.24, 2.45) is 0 Å². The number of nitrogen functional groups attached to an aromatic ring is 1. The van der Waals surface area contributed by atoms with Gasteiger partial charge in [-0.2, -0.15) is 0 Å². The standard InChI is InChI=1S/C20H25FN2O3/c1-20(2,3)26-19(24)23(14-15-6-4-8-17(22)12-15)10-11-25-18-9-5-7-16(21)13-18/h4-9,12-13H,10-11,14,22H2,1-3H3. The Bertz CT molecular complexity index is 744. The molecule has 0 aliphatic rings. The smallest absolute Gasteiger partial charge is 0.410 e. The zero-order chi connectivity index (χ0) is 19.2. The molecule has 0 fully saturated rings. The number of benzene rings is 2. The zero-order valence-electron chi connectivity index (χ0n) is 15.4. The Morgan fingerprint density at radius 2 is 1.88 bits per heavy atom. The minimum Gasteiger partial charge on any atom is -0.492 e. The molecule has 0 radical (unpaired) electrons. The lowest BCUT2D eigenvalue weighted by molar-refractivity contribution is 0.0209. The number of rotatable bonds is 6. The summed E-state index contributed by atoms with van der Waals surface area (Å²) < 4.78 is 24.2. The van der Waals surface area contributed by atoms with Crippen molar-refractivity contribution >= 4 is 11.8 Å². The summed E-state index contributed by atoms with van der Waals surface area (Å²) >= 11 is 0. The summed E-state index contributed by atoms with van der Waals surface area (Å²) in [4.78, 5) is 14.0. The van der Waals surface area contributed by atoms with Gasteiger partial charge in [-0.15, -0.1) is 0 Å². The number of ether oxygens (including phenoxy) is 2. The highest BCUT2D eigenvalue weighted by Crippen LogP contribution is 2.15. The van der Waals surface area contributed by atoms with Crippen LogP contribution >= 0.6 is 0 Å². The van der Waals surface area contributed by atoms with Crippen molar-refractivity contribution in [3.63, 3.8) is 0 Å². The first-order valence-corrected chi connectivity index (χ1v) is 8.44.